The van der Waals surface area contributed by atoms with Crippen molar-refractivity contribution in [2.24, 2.45) is 5.92 Å². The Hall–Kier alpha value is -2.44. The fraction of sp³-hybridized carbons (Fsp3) is 0.455. The fourth-order valence-corrected chi connectivity index (χ4v) is 4.49. The lowest BCUT2D eigenvalue weighted by molar-refractivity contribution is 0.0963. The first kappa shape index (κ1) is 18.9. The number of hydrogen-bond donors (Lipinski definition) is 3. The van der Waals surface area contributed by atoms with Gasteiger partial charge in [0, 0.05) is 50.4 Å². The quantitative estimate of drug-likeness (QED) is 0.760. The zero-order valence-corrected chi connectivity index (χ0v) is 16.6. The third kappa shape index (κ3) is 3.88. The van der Waals surface area contributed by atoms with Crippen LogP contribution in [0.1, 0.15) is 40.2 Å². The molecular formula is C22H29N5O. The van der Waals surface area contributed by atoms with E-state index in [0.29, 0.717) is 23.4 Å². The molecule has 0 aliphatic carbocycles. The number of hydrazine groups is 1. The first-order valence-corrected chi connectivity index (χ1v) is 10.1. The maximum absolute atomic E-state index is 12.0. The minimum absolute atomic E-state index is 0.0710. The van der Waals surface area contributed by atoms with Gasteiger partial charge in [-0.1, -0.05) is 29.8 Å². The Morgan fingerprint density at radius 3 is 2.86 bits per heavy atom. The van der Waals surface area contributed by atoms with Crippen molar-refractivity contribution in [1.82, 2.24) is 21.2 Å². The number of benzene rings is 1. The summed E-state index contributed by atoms with van der Waals surface area (Å²) in [5.41, 5.74) is 10.3. The van der Waals surface area contributed by atoms with Crippen molar-refractivity contribution < 1.29 is 4.79 Å². The molecule has 2 aliphatic rings. The maximum atomic E-state index is 12.0. The van der Waals surface area contributed by atoms with E-state index in [1.807, 2.05) is 6.07 Å². The highest BCUT2D eigenvalue weighted by molar-refractivity contribution is 5.94. The molecule has 6 heteroatoms. The molecule has 1 aromatic heterocycles. The summed E-state index contributed by atoms with van der Waals surface area (Å²) in [4.78, 5) is 18.8. The van der Waals surface area contributed by atoms with Gasteiger partial charge in [-0.2, -0.15) is 0 Å². The van der Waals surface area contributed by atoms with Gasteiger partial charge in [0.25, 0.3) is 5.91 Å². The second kappa shape index (κ2) is 8.29. The number of amides is 1. The van der Waals surface area contributed by atoms with Crippen LogP contribution in [0.4, 0.5) is 5.82 Å². The molecule has 3 atom stereocenters. The number of nitrogens with one attached hydrogen (secondary N) is 3. The van der Waals surface area contributed by atoms with E-state index in [9.17, 15) is 4.79 Å². The van der Waals surface area contributed by atoms with Crippen LogP contribution in [0.5, 0.6) is 0 Å². The molecule has 3 heterocycles. The van der Waals surface area contributed by atoms with Crippen LogP contribution >= 0.6 is 0 Å². The molecule has 1 aromatic carbocycles. The summed E-state index contributed by atoms with van der Waals surface area (Å²) in [6, 6.07) is 13.0. The highest BCUT2D eigenvalue weighted by Gasteiger charge is 2.37. The topological polar surface area (TPSA) is 69.3 Å². The Balaban J connectivity index is 1.50. The number of aryl methyl sites for hydroxylation is 1. The lowest BCUT2D eigenvalue weighted by Crippen LogP contribution is -2.46. The van der Waals surface area contributed by atoms with E-state index in [2.05, 4.69) is 57.2 Å². The predicted molar refractivity (Wildman–Crippen MR) is 111 cm³/mol. The van der Waals surface area contributed by atoms with Crippen LogP contribution in [0.3, 0.4) is 0 Å². The van der Waals surface area contributed by atoms with Crippen molar-refractivity contribution in [3.05, 3.63) is 59.3 Å². The predicted octanol–water partition coefficient (Wildman–Crippen LogP) is 2.23. The number of nitrogens with zero attached hydrogens (tertiary/aromatic N) is 2. The lowest BCUT2D eigenvalue weighted by Gasteiger charge is -2.38. The number of carbonyl (C=O) groups excluding carboxylic acids is 1. The summed E-state index contributed by atoms with van der Waals surface area (Å²) in [5.74, 6) is 1.82. The zero-order valence-electron chi connectivity index (χ0n) is 16.6. The van der Waals surface area contributed by atoms with Crippen LogP contribution < -0.4 is 21.1 Å². The second-order valence-corrected chi connectivity index (χ2v) is 7.90. The minimum Gasteiger partial charge on any atom is -0.356 e. The second-order valence-electron chi connectivity index (χ2n) is 7.90. The Morgan fingerprint density at radius 1 is 1.25 bits per heavy atom. The number of rotatable bonds is 4. The van der Waals surface area contributed by atoms with Crippen LogP contribution in [0.15, 0.2) is 42.6 Å². The van der Waals surface area contributed by atoms with Crippen molar-refractivity contribution in [1.29, 1.82) is 0 Å². The average Bonchev–Trinajstić information content (AvgIpc) is 3.24. The van der Waals surface area contributed by atoms with Crippen LogP contribution in [-0.2, 0) is 0 Å². The molecule has 28 heavy (non-hydrogen) atoms. The molecular weight excluding hydrogens is 350 g/mol. The van der Waals surface area contributed by atoms with Gasteiger partial charge >= 0.3 is 0 Å². The molecule has 0 spiro atoms. The van der Waals surface area contributed by atoms with Crippen molar-refractivity contribution in [3.63, 3.8) is 0 Å². The normalized spacial score (nSPS) is 24.9. The highest BCUT2D eigenvalue weighted by atomic mass is 16.1. The van der Waals surface area contributed by atoms with Crippen molar-refractivity contribution in [2.45, 2.75) is 31.7 Å². The van der Waals surface area contributed by atoms with E-state index in [1.165, 1.54) is 17.5 Å². The van der Waals surface area contributed by atoms with Crippen LogP contribution in [0.2, 0.25) is 0 Å². The Kier molecular flexibility index (Phi) is 5.59. The van der Waals surface area contributed by atoms with Crippen molar-refractivity contribution >= 4 is 11.7 Å². The summed E-state index contributed by atoms with van der Waals surface area (Å²) in [6.45, 7) is 5.02. The van der Waals surface area contributed by atoms with E-state index in [4.69, 9.17) is 0 Å². The Labute approximate surface area is 166 Å². The molecule has 2 fully saturated rings. The van der Waals surface area contributed by atoms with Gasteiger partial charge in [-0.05, 0) is 43.4 Å². The third-order valence-corrected chi connectivity index (χ3v) is 6.05. The molecule has 3 unspecified atom stereocenters. The molecule has 3 N–H and O–H groups in total. The van der Waals surface area contributed by atoms with Crippen LogP contribution in [-0.4, -0.2) is 43.6 Å². The molecule has 0 bridgehead atoms. The molecule has 0 radical (unpaired) electrons. The Morgan fingerprint density at radius 2 is 2.07 bits per heavy atom. The lowest BCUT2D eigenvalue weighted by atomic mass is 9.81. The van der Waals surface area contributed by atoms with Gasteiger partial charge in [-0.15, -0.1) is 0 Å². The Bertz CT molecular complexity index is 822. The number of hydrogen-bond acceptors (Lipinski definition) is 5. The average molecular weight is 380 g/mol. The van der Waals surface area contributed by atoms with Crippen molar-refractivity contribution in [3.8, 4) is 0 Å². The van der Waals surface area contributed by atoms with E-state index in [1.54, 1.807) is 19.3 Å². The SMILES string of the molecule is CNC(=O)c1ccnc(N2CCCC(C3NNCC3c3ccc(C)cc3)C2)c1. The summed E-state index contributed by atoms with van der Waals surface area (Å²) in [6.07, 6.45) is 4.07. The van der Waals surface area contributed by atoms with Gasteiger partial charge in [0.2, 0.25) is 0 Å². The van der Waals surface area contributed by atoms with Gasteiger partial charge in [0.15, 0.2) is 0 Å². The van der Waals surface area contributed by atoms with Gasteiger partial charge in [-0.3, -0.25) is 15.6 Å². The van der Waals surface area contributed by atoms with E-state index >= 15 is 0 Å². The molecule has 4 rings (SSSR count). The zero-order chi connectivity index (χ0) is 19.5. The molecule has 2 aromatic rings. The number of aromatic nitrogens is 1. The maximum Gasteiger partial charge on any atom is 0.251 e. The first-order chi connectivity index (χ1) is 13.7. The van der Waals surface area contributed by atoms with Gasteiger partial charge in [0.05, 0.1) is 0 Å². The van der Waals surface area contributed by atoms with Crippen molar-refractivity contribution in [2.75, 3.05) is 31.6 Å². The summed E-state index contributed by atoms with van der Waals surface area (Å²) < 4.78 is 0. The summed E-state index contributed by atoms with van der Waals surface area (Å²) in [7, 11) is 1.66. The standard InChI is InChI=1S/C22H29N5O/c1-15-5-7-16(8-6-15)19-13-25-26-21(19)18-4-3-11-27(14-18)20-12-17(9-10-24-20)22(28)23-2/h5-10,12,18-19,21,25-26H,3-4,11,13-14H2,1-2H3,(H,23,28). The summed E-state index contributed by atoms with van der Waals surface area (Å²) >= 11 is 0. The van der Waals surface area contributed by atoms with Gasteiger partial charge in [0.1, 0.15) is 5.82 Å². The number of piperidine rings is 1. The van der Waals surface area contributed by atoms with Crippen LogP contribution in [0, 0.1) is 12.8 Å². The number of anilines is 1. The molecule has 6 nitrogen and oxygen atoms in total. The van der Waals surface area contributed by atoms with Gasteiger partial charge < -0.3 is 10.2 Å². The molecule has 1 amide bonds. The molecule has 2 saturated heterocycles. The molecule has 0 saturated carbocycles. The molecule has 2 aliphatic heterocycles. The van der Waals surface area contributed by atoms with Gasteiger partial charge in [-0.25, -0.2) is 4.98 Å². The smallest absolute Gasteiger partial charge is 0.251 e. The monoisotopic (exact) mass is 379 g/mol. The van der Waals surface area contributed by atoms with E-state index < -0.39 is 0 Å². The van der Waals surface area contributed by atoms with E-state index in [0.717, 1.165) is 31.9 Å². The summed E-state index contributed by atoms with van der Waals surface area (Å²) in [5, 5.41) is 2.69. The third-order valence-electron chi connectivity index (χ3n) is 6.05. The minimum atomic E-state index is -0.0710. The fourth-order valence-electron chi connectivity index (χ4n) is 4.49. The number of carbonyl (C=O) groups is 1. The number of pyridine rings is 1. The largest absolute Gasteiger partial charge is 0.356 e. The van der Waals surface area contributed by atoms with Crippen LogP contribution in [0.25, 0.3) is 0 Å². The molecule has 148 valence electrons. The van der Waals surface area contributed by atoms with E-state index in [-0.39, 0.29) is 5.91 Å². The first-order valence-electron chi connectivity index (χ1n) is 10.1. The highest BCUT2D eigenvalue weighted by Crippen LogP contribution is 2.33.